The summed E-state index contributed by atoms with van der Waals surface area (Å²) < 4.78 is 6.62. The lowest BCUT2D eigenvalue weighted by Gasteiger charge is -2.12. The van der Waals surface area contributed by atoms with Gasteiger partial charge in [0.2, 0.25) is 0 Å². The van der Waals surface area contributed by atoms with Gasteiger partial charge in [0.05, 0.1) is 0 Å². The molecule has 0 saturated heterocycles. The monoisotopic (exact) mass is 677 g/mol. The van der Waals surface area contributed by atoms with E-state index >= 15 is 0 Å². The average molecular weight is 678 g/mol. The highest BCUT2D eigenvalue weighted by Gasteiger charge is 2.27. The van der Waals surface area contributed by atoms with Gasteiger partial charge in [0.25, 0.3) is 0 Å². The summed E-state index contributed by atoms with van der Waals surface area (Å²) in [6, 6.07) is 52.9. The molecular weight excluding hydrogens is 647 g/mol. The number of nitrogens with zero attached hydrogens (tertiary/aromatic N) is 3. The minimum Gasteiger partial charge on any atom is -0.456 e. The summed E-state index contributed by atoms with van der Waals surface area (Å²) in [6.07, 6.45) is 6.99. The molecule has 0 radical (unpaired) electrons. The summed E-state index contributed by atoms with van der Waals surface area (Å²) in [5, 5.41) is 4.64. The standard InChI is InChI=1S/C49H31N3O/c1-3-12-30(13-4-1)31-24-26-33(27-25-31)48-50-47(32-14-5-2-6-15-32)51-49(52-48)41-21-11-23-43-46(41)45-39(20-10-22-42(45)53-43)36-28-29-40-35-17-8-7-16-34(35)37-18-9-19-38(36)44(37)40/h1-6,9-29H,7-8H2. The number of rotatable bonds is 5. The molecule has 2 heterocycles. The summed E-state index contributed by atoms with van der Waals surface area (Å²) in [4.78, 5) is 15.4. The van der Waals surface area contributed by atoms with Crippen molar-refractivity contribution in [3.8, 4) is 56.4 Å². The number of hydrogen-bond donors (Lipinski definition) is 0. The SMILES string of the molecule is C1=C2C(=CCC1)c1ccc(-c3cccc4oc5cccc(-c6nc(-c7ccccc7)nc(-c7ccc(-c8ccccc8)cc7)n6)c5c34)c3cccc2c13. The van der Waals surface area contributed by atoms with Crippen LogP contribution in [0.3, 0.4) is 0 Å². The van der Waals surface area contributed by atoms with Crippen LogP contribution in [0.25, 0.3) is 100 Å². The molecular formula is C49H31N3O. The first-order chi connectivity index (χ1) is 26.3. The van der Waals surface area contributed by atoms with Gasteiger partial charge in [-0.25, -0.2) is 15.0 Å². The predicted molar refractivity (Wildman–Crippen MR) is 217 cm³/mol. The Hall–Kier alpha value is -6.91. The van der Waals surface area contributed by atoms with Crippen LogP contribution in [-0.2, 0) is 0 Å². The van der Waals surface area contributed by atoms with E-state index in [-0.39, 0.29) is 0 Å². The molecule has 0 bridgehead atoms. The lowest BCUT2D eigenvalue weighted by Crippen LogP contribution is -2.00. The van der Waals surface area contributed by atoms with Crippen LogP contribution in [-0.4, -0.2) is 15.0 Å². The molecule has 2 aliphatic rings. The first-order valence-corrected chi connectivity index (χ1v) is 18.2. The number of aromatic nitrogens is 3. The summed E-state index contributed by atoms with van der Waals surface area (Å²) in [5.74, 6) is 1.85. The van der Waals surface area contributed by atoms with E-state index < -0.39 is 0 Å². The maximum atomic E-state index is 6.62. The van der Waals surface area contributed by atoms with Crippen molar-refractivity contribution in [2.75, 3.05) is 0 Å². The van der Waals surface area contributed by atoms with Gasteiger partial charge in [0.1, 0.15) is 11.2 Å². The number of allylic oxidation sites excluding steroid dienone is 4. The molecule has 0 aliphatic heterocycles. The highest BCUT2D eigenvalue weighted by atomic mass is 16.3. The van der Waals surface area contributed by atoms with Crippen LogP contribution in [0.1, 0.15) is 24.0 Å². The molecule has 0 saturated carbocycles. The van der Waals surface area contributed by atoms with E-state index in [0.29, 0.717) is 17.5 Å². The lowest BCUT2D eigenvalue weighted by atomic mass is 9.91. The van der Waals surface area contributed by atoms with Crippen LogP contribution < -0.4 is 0 Å². The maximum Gasteiger partial charge on any atom is 0.164 e. The highest BCUT2D eigenvalue weighted by Crippen LogP contribution is 2.51. The minimum absolute atomic E-state index is 0.604. The Balaban J connectivity index is 1.13. The van der Waals surface area contributed by atoms with Gasteiger partial charge >= 0.3 is 0 Å². The van der Waals surface area contributed by atoms with Crippen molar-refractivity contribution < 1.29 is 4.42 Å². The molecule has 0 amide bonds. The fourth-order valence-corrected chi connectivity index (χ4v) is 8.34. The van der Waals surface area contributed by atoms with E-state index in [4.69, 9.17) is 19.4 Å². The molecule has 4 heteroatoms. The Morgan fingerprint density at radius 2 is 0.830 bits per heavy atom. The quantitative estimate of drug-likeness (QED) is 0.182. The molecule has 0 fully saturated rings. The van der Waals surface area contributed by atoms with Crippen molar-refractivity contribution in [2.24, 2.45) is 0 Å². The Bertz CT molecular complexity index is 2950. The Morgan fingerprint density at radius 1 is 0.340 bits per heavy atom. The van der Waals surface area contributed by atoms with Crippen LogP contribution in [0, 0.1) is 0 Å². The molecule has 2 aromatic heterocycles. The fraction of sp³-hybridized carbons (Fsp3) is 0.0408. The smallest absolute Gasteiger partial charge is 0.164 e. The molecule has 2 aliphatic carbocycles. The molecule has 53 heavy (non-hydrogen) atoms. The second-order valence-electron chi connectivity index (χ2n) is 13.8. The first kappa shape index (κ1) is 29.8. The van der Waals surface area contributed by atoms with Crippen LogP contribution >= 0.6 is 0 Å². The molecule has 11 rings (SSSR count). The molecule has 4 nitrogen and oxygen atoms in total. The zero-order chi connectivity index (χ0) is 34.9. The molecule has 7 aromatic carbocycles. The van der Waals surface area contributed by atoms with E-state index in [2.05, 4.69) is 115 Å². The van der Waals surface area contributed by atoms with E-state index in [1.165, 1.54) is 44.2 Å². The lowest BCUT2D eigenvalue weighted by molar-refractivity contribution is 0.669. The van der Waals surface area contributed by atoms with Gasteiger partial charge in [0.15, 0.2) is 17.5 Å². The van der Waals surface area contributed by atoms with Gasteiger partial charge in [-0.3, -0.25) is 0 Å². The predicted octanol–water partition coefficient (Wildman–Crippen LogP) is 12.8. The van der Waals surface area contributed by atoms with Gasteiger partial charge in [0, 0.05) is 27.5 Å². The highest BCUT2D eigenvalue weighted by molar-refractivity contribution is 6.26. The average Bonchev–Trinajstić information content (AvgIpc) is 3.79. The largest absolute Gasteiger partial charge is 0.456 e. The van der Waals surface area contributed by atoms with E-state index in [9.17, 15) is 0 Å². The number of furan rings is 1. The number of hydrogen-bond acceptors (Lipinski definition) is 4. The third kappa shape index (κ3) is 4.73. The van der Waals surface area contributed by atoms with E-state index in [1.54, 1.807) is 0 Å². The summed E-state index contributed by atoms with van der Waals surface area (Å²) in [6.45, 7) is 0. The topological polar surface area (TPSA) is 51.8 Å². The number of fused-ring (bicyclic) bond motifs is 6. The number of benzene rings is 7. The maximum absolute atomic E-state index is 6.62. The van der Waals surface area contributed by atoms with Crippen molar-refractivity contribution in [3.63, 3.8) is 0 Å². The molecule has 0 unspecified atom stereocenters. The molecule has 9 aromatic rings. The minimum atomic E-state index is 0.604. The Labute approximate surface area is 306 Å². The zero-order valence-corrected chi connectivity index (χ0v) is 28.8. The second kappa shape index (κ2) is 11.8. The van der Waals surface area contributed by atoms with E-state index in [0.717, 1.165) is 62.6 Å². The van der Waals surface area contributed by atoms with Crippen molar-refractivity contribution in [1.29, 1.82) is 0 Å². The first-order valence-electron chi connectivity index (χ1n) is 18.2. The van der Waals surface area contributed by atoms with Crippen LogP contribution in [0.2, 0.25) is 0 Å². The second-order valence-corrected chi connectivity index (χ2v) is 13.8. The third-order valence-electron chi connectivity index (χ3n) is 10.7. The van der Waals surface area contributed by atoms with Crippen molar-refractivity contribution in [2.45, 2.75) is 12.8 Å². The molecule has 248 valence electrons. The van der Waals surface area contributed by atoms with Crippen LogP contribution in [0.5, 0.6) is 0 Å². The molecule has 0 atom stereocenters. The molecule has 0 spiro atoms. The van der Waals surface area contributed by atoms with Gasteiger partial charge in [-0.1, -0.05) is 152 Å². The fourth-order valence-electron chi connectivity index (χ4n) is 8.34. The van der Waals surface area contributed by atoms with Crippen LogP contribution in [0.4, 0.5) is 0 Å². The van der Waals surface area contributed by atoms with Gasteiger partial charge < -0.3 is 4.42 Å². The van der Waals surface area contributed by atoms with Gasteiger partial charge in [-0.05, 0) is 80.3 Å². The molecule has 0 N–H and O–H groups in total. The Kier molecular flexibility index (Phi) is 6.65. The third-order valence-corrected chi connectivity index (χ3v) is 10.7. The summed E-state index contributed by atoms with van der Waals surface area (Å²) >= 11 is 0. The summed E-state index contributed by atoms with van der Waals surface area (Å²) in [7, 11) is 0. The zero-order valence-electron chi connectivity index (χ0n) is 28.8. The summed E-state index contributed by atoms with van der Waals surface area (Å²) in [5.41, 5.74) is 14.4. The van der Waals surface area contributed by atoms with Gasteiger partial charge in [-0.2, -0.15) is 0 Å². The van der Waals surface area contributed by atoms with Crippen molar-refractivity contribution >= 4 is 43.9 Å². The van der Waals surface area contributed by atoms with Crippen molar-refractivity contribution in [1.82, 2.24) is 15.0 Å². The Morgan fingerprint density at radius 3 is 1.53 bits per heavy atom. The normalized spacial score (nSPS) is 13.4. The van der Waals surface area contributed by atoms with Gasteiger partial charge in [-0.15, -0.1) is 0 Å². The van der Waals surface area contributed by atoms with Crippen LogP contribution in [0.15, 0.2) is 168 Å². The van der Waals surface area contributed by atoms with Crippen molar-refractivity contribution in [3.05, 3.63) is 175 Å². The van der Waals surface area contributed by atoms with E-state index in [1.807, 2.05) is 48.5 Å².